The highest BCUT2D eigenvalue weighted by Gasteiger charge is 2.56. The highest BCUT2D eigenvalue weighted by Crippen LogP contribution is 2.44. The van der Waals surface area contributed by atoms with Crippen molar-refractivity contribution in [3.8, 4) is 0 Å². The molecule has 0 spiro atoms. The number of ether oxygens (including phenoxy) is 3. The number of thioether (sulfide) groups is 1. The number of primary amides is 1. The summed E-state index contributed by atoms with van der Waals surface area (Å²) in [6, 6.07) is 7.58. The number of carbonyl (C=O) groups is 1. The van der Waals surface area contributed by atoms with Crippen LogP contribution >= 0.6 is 11.8 Å². The third kappa shape index (κ3) is 5.69. The predicted molar refractivity (Wildman–Crippen MR) is 151 cm³/mol. The quantitative estimate of drug-likeness (QED) is 0.396. The molecule has 2 aliphatic rings. The minimum atomic E-state index is -0.727. The zero-order chi connectivity index (χ0) is 27.9. The van der Waals surface area contributed by atoms with Crippen LogP contribution in [0.2, 0.25) is 0 Å². The molecule has 11 nitrogen and oxygen atoms in total. The first-order valence-corrected chi connectivity index (χ1v) is 14.3. The Morgan fingerprint density at radius 1 is 1.13 bits per heavy atom. The lowest BCUT2D eigenvalue weighted by molar-refractivity contribution is -0.193. The molecule has 2 saturated heterocycles. The minimum absolute atomic E-state index is 0.0440. The number of nitrogen functional groups attached to an aromatic ring is 1. The molecule has 4 heterocycles. The van der Waals surface area contributed by atoms with E-state index in [0.717, 1.165) is 17.9 Å². The maximum absolute atomic E-state index is 12.2. The maximum Gasteiger partial charge on any atom is 0.319 e. The lowest BCUT2D eigenvalue weighted by atomic mass is 9.87. The molecule has 12 heteroatoms. The summed E-state index contributed by atoms with van der Waals surface area (Å²) in [6.07, 6.45) is 2.65. The first-order chi connectivity index (χ1) is 18.4. The molecule has 0 aliphatic carbocycles. The largest absolute Gasteiger partial charge is 0.382 e. The van der Waals surface area contributed by atoms with Crippen molar-refractivity contribution in [2.24, 2.45) is 5.73 Å². The number of aromatic nitrogens is 4. The normalized spacial score (nSPS) is 24.2. The van der Waals surface area contributed by atoms with Crippen LogP contribution in [0, 0.1) is 0 Å². The summed E-state index contributed by atoms with van der Waals surface area (Å²) in [7, 11) is 0. The van der Waals surface area contributed by atoms with Gasteiger partial charge in [0.2, 0.25) is 0 Å². The molecule has 4 atom stereocenters. The van der Waals surface area contributed by atoms with Crippen LogP contribution in [0.15, 0.2) is 36.9 Å². The smallest absolute Gasteiger partial charge is 0.319 e. The van der Waals surface area contributed by atoms with E-state index < -0.39 is 18.0 Å². The molecule has 0 unspecified atom stereocenters. The standard InChI is InChI=1S/C27H37N7O4S/c1-26(2,3)16-7-9-17(10-8-16)33(25(29)35)11-6-12-39-13-18-20-21(38-27(4,5)37-20)24(36-18)34-15-32-19-22(28)30-14-31-23(19)34/h7-10,14-15,18,20-21,24H,6,11-13H2,1-5H3,(H2,29,35)(H2,28,30,31)/t18-,20-,21-,24-/m1/s1. The van der Waals surface area contributed by atoms with Crippen LogP contribution in [0.4, 0.5) is 16.3 Å². The van der Waals surface area contributed by atoms with Crippen LogP contribution in [0.5, 0.6) is 0 Å². The molecule has 0 saturated carbocycles. The maximum atomic E-state index is 12.2. The number of rotatable bonds is 8. The first-order valence-electron chi connectivity index (χ1n) is 13.1. The predicted octanol–water partition coefficient (Wildman–Crippen LogP) is 3.83. The molecule has 0 radical (unpaired) electrons. The van der Waals surface area contributed by atoms with Gasteiger partial charge in [-0.2, -0.15) is 11.8 Å². The lowest BCUT2D eigenvalue weighted by Gasteiger charge is -2.25. The molecule has 2 aliphatic heterocycles. The average molecular weight is 556 g/mol. The minimum Gasteiger partial charge on any atom is -0.382 e. The van der Waals surface area contributed by atoms with Crippen LogP contribution in [0.25, 0.3) is 11.2 Å². The van der Waals surface area contributed by atoms with Gasteiger partial charge in [0.25, 0.3) is 0 Å². The van der Waals surface area contributed by atoms with Gasteiger partial charge in [-0.15, -0.1) is 0 Å². The molecule has 2 fully saturated rings. The number of benzene rings is 1. The van der Waals surface area contributed by atoms with Gasteiger partial charge >= 0.3 is 6.03 Å². The zero-order valence-electron chi connectivity index (χ0n) is 23.0. The van der Waals surface area contributed by atoms with E-state index >= 15 is 0 Å². The molecular weight excluding hydrogens is 518 g/mol. The summed E-state index contributed by atoms with van der Waals surface area (Å²) in [5.74, 6) is 1.13. The Hall–Kier alpha value is -2.93. The van der Waals surface area contributed by atoms with E-state index in [1.165, 1.54) is 11.9 Å². The van der Waals surface area contributed by atoms with E-state index in [2.05, 4.69) is 47.9 Å². The van der Waals surface area contributed by atoms with Gasteiger partial charge < -0.3 is 25.7 Å². The van der Waals surface area contributed by atoms with Gasteiger partial charge in [0.15, 0.2) is 23.5 Å². The number of carbonyl (C=O) groups excluding carboxylic acids is 1. The average Bonchev–Trinajstić information content (AvgIpc) is 3.52. The number of amides is 2. The van der Waals surface area contributed by atoms with Gasteiger partial charge in [0.1, 0.15) is 24.1 Å². The van der Waals surface area contributed by atoms with Gasteiger partial charge in [-0.3, -0.25) is 9.47 Å². The van der Waals surface area contributed by atoms with Crippen LogP contribution in [-0.2, 0) is 19.6 Å². The van der Waals surface area contributed by atoms with E-state index in [-0.39, 0.29) is 23.7 Å². The monoisotopic (exact) mass is 555 g/mol. The number of urea groups is 1. The first kappa shape index (κ1) is 27.6. The van der Waals surface area contributed by atoms with Crippen LogP contribution < -0.4 is 16.4 Å². The Bertz CT molecular complexity index is 1320. The van der Waals surface area contributed by atoms with Crippen molar-refractivity contribution < 1.29 is 19.0 Å². The van der Waals surface area contributed by atoms with E-state index in [1.54, 1.807) is 23.0 Å². The summed E-state index contributed by atoms with van der Waals surface area (Å²) in [5, 5.41) is 0. The van der Waals surface area contributed by atoms with Crippen LogP contribution in [-0.4, -0.2) is 67.7 Å². The summed E-state index contributed by atoms with van der Waals surface area (Å²) in [6.45, 7) is 10.8. The Morgan fingerprint density at radius 2 is 1.85 bits per heavy atom. The topological polar surface area (TPSA) is 144 Å². The number of hydrogen-bond donors (Lipinski definition) is 2. The van der Waals surface area contributed by atoms with Crippen molar-refractivity contribution in [3.63, 3.8) is 0 Å². The van der Waals surface area contributed by atoms with Gasteiger partial charge in [0.05, 0.1) is 12.4 Å². The van der Waals surface area contributed by atoms with Crippen molar-refractivity contribution in [2.75, 3.05) is 28.7 Å². The Kier molecular flexibility index (Phi) is 7.49. The van der Waals surface area contributed by atoms with Crippen molar-refractivity contribution in [3.05, 3.63) is 42.5 Å². The molecule has 3 aromatic rings. The fourth-order valence-electron chi connectivity index (χ4n) is 5.11. The Labute approximate surface area is 232 Å². The molecule has 2 amide bonds. The van der Waals surface area contributed by atoms with E-state index in [9.17, 15) is 4.79 Å². The number of nitrogens with zero attached hydrogens (tertiary/aromatic N) is 5. The zero-order valence-corrected chi connectivity index (χ0v) is 23.9. The highest BCUT2D eigenvalue weighted by atomic mass is 32.2. The molecule has 210 valence electrons. The molecular formula is C27H37N7O4S. The van der Waals surface area contributed by atoms with Crippen LogP contribution in [0.1, 0.15) is 52.8 Å². The van der Waals surface area contributed by atoms with E-state index in [1.807, 2.05) is 30.5 Å². The summed E-state index contributed by atoms with van der Waals surface area (Å²) in [5.41, 5.74) is 14.9. The highest BCUT2D eigenvalue weighted by molar-refractivity contribution is 7.99. The number of nitrogens with two attached hydrogens (primary N) is 2. The number of anilines is 2. The van der Waals surface area contributed by atoms with Crippen LogP contribution in [0.3, 0.4) is 0 Å². The molecule has 5 rings (SSSR count). The van der Waals surface area contributed by atoms with Crippen molar-refractivity contribution in [2.45, 2.75) is 76.8 Å². The number of fused-ring (bicyclic) bond motifs is 2. The Morgan fingerprint density at radius 3 is 2.54 bits per heavy atom. The summed E-state index contributed by atoms with van der Waals surface area (Å²) >= 11 is 1.75. The Balaban J connectivity index is 1.20. The van der Waals surface area contributed by atoms with Gasteiger partial charge in [-0.05, 0) is 49.1 Å². The molecule has 0 bridgehead atoms. The van der Waals surface area contributed by atoms with Crippen molar-refractivity contribution in [1.29, 1.82) is 0 Å². The lowest BCUT2D eigenvalue weighted by Crippen LogP contribution is -2.37. The van der Waals surface area contributed by atoms with E-state index in [0.29, 0.717) is 29.3 Å². The molecule has 1 aromatic carbocycles. The van der Waals surface area contributed by atoms with Crippen molar-refractivity contribution >= 4 is 40.5 Å². The van der Waals surface area contributed by atoms with E-state index in [4.69, 9.17) is 25.7 Å². The SMILES string of the molecule is CC1(C)O[C@@H]2[C@H](O1)[C@@H](CSCCCN(C(N)=O)c1ccc(C(C)(C)C)cc1)O[C@H]2n1cnc2c(N)ncnc21. The number of hydrogen-bond acceptors (Lipinski definition) is 9. The summed E-state index contributed by atoms with van der Waals surface area (Å²) in [4.78, 5) is 26.6. The fourth-order valence-corrected chi connectivity index (χ4v) is 6.11. The van der Waals surface area contributed by atoms with Gasteiger partial charge in [0, 0.05) is 18.0 Å². The fraction of sp³-hybridized carbons (Fsp3) is 0.556. The third-order valence-corrected chi connectivity index (χ3v) is 8.19. The third-order valence-electron chi connectivity index (χ3n) is 7.05. The second kappa shape index (κ2) is 10.6. The second-order valence-electron chi connectivity index (χ2n) is 11.4. The second-order valence-corrected chi connectivity index (χ2v) is 12.6. The number of imidazole rings is 1. The molecule has 39 heavy (non-hydrogen) atoms. The van der Waals surface area contributed by atoms with Gasteiger partial charge in [-0.1, -0.05) is 32.9 Å². The summed E-state index contributed by atoms with van der Waals surface area (Å²) < 4.78 is 20.8. The van der Waals surface area contributed by atoms with Gasteiger partial charge in [-0.25, -0.2) is 19.7 Å². The van der Waals surface area contributed by atoms with Crippen molar-refractivity contribution in [1.82, 2.24) is 19.5 Å². The molecule has 2 aromatic heterocycles. The molecule has 4 N–H and O–H groups in total.